The number of halogens is 1. The highest BCUT2D eigenvalue weighted by Crippen LogP contribution is 2.33. The minimum absolute atomic E-state index is 0.0214. The fourth-order valence-electron chi connectivity index (χ4n) is 3.16. The third-order valence-corrected chi connectivity index (χ3v) is 4.57. The number of rotatable bonds is 3. The van der Waals surface area contributed by atoms with Crippen LogP contribution in [0.1, 0.15) is 37.7 Å². The van der Waals surface area contributed by atoms with Gasteiger partial charge in [0.2, 0.25) is 11.7 Å². The number of primary amides is 1. The van der Waals surface area contributed by atoms with Crippen LogP contribution in [-0.2, 0) is 9.53 Å². The van der Waals surface area contributed by atoms with E-state index in [2.05, 4.69) is 5.32 Å². The molecule has 0 unspecified atom stereocenters. The standard InChI is InChI=1S/C19H22ClN3O6/c1-19(2,3)29-18(27)23-8-10(24)7-12(23)17(26)22-14-11-6-9(20)4-5-13(11)28-15(14)16(21)25/h4-6,10,12,24H,7-8H2,1-3H3,(H2,21,25)(H,22,26)/t10-,12-/m0/s1. The van der Waals surface area contributed by atoms with Crippen molar-refractivity contribution in [2.24, 2.45) is 5.73 Å². The number of likely N-dealkylation sites (tertiary alicyclic amines) is 1. The summed E-state index contributed by atoms with van der Waals surface area (Å²) in [6, 6.07) is 3.65. The highest BCUT2D eigenvalue weighted by atomic mass is 35.5. The van der Waals surface area contributed by atoms with Gasteiger partial charge in [-0.25, -0.2) is 4.79 Å². The van der Waals surface area contributed by atoms with Crippen molar-refractivity contribution >= 4 is 46.2 Å². The van der Waals surface area contributed by atoms with E-state index in [1.807, 2.05) is 0 Å². The molecule has 2 aromatic rings. The molecule has 0 aliphatic carbocycles. The first-order valence-corrected chi connectivity index (χ1v) is 9.34. The van der Waals surface area contributed by atoms with E-state index in [1.54, 1.807) is 32.9 Å². The molecule has 4 N–H and O–H groups in total. The van der Waals surface area contributed by atoms with Gasteiger partial charge < -0.3 is 25.3 Å². The second kappa shape index (κ2) is 7.57. The third-order valence-electron chi connectivity index (χ3n) is 4.33. The van der Waals surface area contributed by atoms with Crippen molar-refractivity contribution in [3.63, 3.8) is 0 Å². The van der Waals surface area contributed by atoms with Crippen molar-refractivity contribution in [2.75, 3.05) is 11.9 Å². The van der Waals surface area contributed by atoms with Gasteiger partial charge in [-0.05, 0) is 39.0 Å². The number of amides is 3. The van der Waals surface area contributed by atoms with Crippen LogP contribution in [0, 0.1) is 0 Å². The molecule has 2 heterocycles. The lowest BCUT2D eigenvalue weighted by atomic mass is 10.1. The number of hydrogen-bond donors (Lipinski definition) is 3. The Labute approximate surface area is 171 Å². The van der Waals surface area contributed by atoms with Gasteiger partial charge in [-0.1, -0.05) is 11.6 Å². The fourth-order valence-corrected chi connectivity index (χ4v) is 3.33. The Balaban J connectivity index is 1.91. The van der Waals surface area contributed by atoms with Crippen molar-refractivity contribution < 1.29 is 28.6 Å². The normalized spacial score (nSPS) is 19.4. The number of anilines is 1. The molecule has 3 amide bonds. The van der Waals surface area contributed by atoms with Gasteiger partial charge in [-0.3, -0.25) is 14.5 Å². The Kier molecular flexibility index (Phi) is 5.46. The molecule has 9 nitrogen and oxygen atoms in total. The number of nitrogens with two attached hydrogens (primary N) is 1. The summed E-state index contributed by atoms with van der Waals surface area (Å²) in [5.41, 5.74) is 4.98. The summed E-state index contributed by atoms with van der Waals surface area (Å²) in [5.74, 6) is -1.72. The van der Waals surface area contributed by atoms with Crippen LogP contribution < -0.4 is 11.1 Å². The van der Waals surface area contributed by atoms with E-state index in [0.29, 0.717) is 16.0 Å². The quantitative estimate of drug-likeness (QED) is 0.694. The summed E-state index contributed by atoms with van der Waals surface area (Å²) in [6.45, 7) is 5.06. The van der Waals surface area contributed by atoms with Crippen LogP contribution in [0.3, 0.4) is 0 Å². The summed E-state index contributed by atoms with van der Waals surface area (Å²) in [7, 11) is 0. The van der Waals surface area contributed by atoms with Crippen LogP contribution in [0.4, 0.5) is 10.5 Å². The van der Waals surface area contributed by atoms with Crippen LogP contribution >= 0.6 is 11.6 Å². The van der Waals surface area contributed by atoms with Crippen LogP contribution in [0.2, 0.25) is 5.02 Å². The van der Waals surface area contributed by atoms with Crippen LogP contribution in [0.15, 0.2) is 22.6 Å². The Hall–Kier alpha value is -2.78. The summed E-state index contributed by atoms with van der Waals surface area (Å²) in [5, 5.41) is 13.4. The molecule has 1 saturated heterocycles. The molecule has 0 radical (unpaired) electrons. The van der Waals surface area contributed by atoms with E-state index in [0.717, 1.165) is 4.90 Å². The molecule has 0 saturated carbocycles. The van der Waals surface area contributed by atoms with Crippen molar-refractivity contribution in [2.45, 2.75) is 44.9 Å². The SMILES string of the molecule is CC(C)(C)OC(=O)N1C[C@@H](O)C[C@H]1C(=O)Nc1c(C(N)=O)oc2ccc(Cl)cc12. The van der Waals surface area contributed by atoms with Gasteiger partial charge in [-0.15, -0.1) is 0 Å². The number of carbonyl (C=O) groups excluding carboxylic acids is 3. The number of ether oxygens (including phenoxy) is 1. The molecule has 29 heavy (non-hydrogen) atoms. The molecular weight excluding hydrogens is 402 g/mol. The van der Waals surface area contributed by atoms with Crippen molar-refractivity contribution in [3.05, 3.63) is 29.0 Å². The van der Waals surface area contributed by atoms with E-state index in [9.17, 15) is 19.5 Å². The average Bonchev–Trinajstić information content (AvgIpc) is 3.14. The lowest BCUT2D eigenvalue weighted by Gasteiger charge is -2.27. The molecule has 3 rings (SSSR count). The van der Waals surface area contributed by atoms with Crippen molar-refractivity contribution in [1.29, 1.82) is 0 Å². The third kappa shape index (κ3) is 4.46. The summed E-state index contributed by atoms with van der Waals surface area (Å²) >= 11 is 6.02. The first-order chi connectivity index (χ1) is 13.5. The second-order valence-electron chi connectivity index (χ2n) is 7.84. The molecule has 1 fully saturated rings. The molecule has 2 atom stereocenters. The van der Waals surface area contributed by atoms with Gasteiger partial charge in [0, 0.05) is 16.8 Å². The number of fused-ring (bicyclic) bond motifs is 1. The van der Waals surface area contributed by atoms with Gasteiger partial charge in [0.05, 0.1) is 12.6 Å². The first-order valence-electron chi connectivity index (χ1n) is 8.96. The monoisotopic (exact) mass is 423 g/mol. The zero-order valence-electron chi connectivity index (χ0n) is 16.2. The average molecular weight is 424 g/mol. The Morgan fingerprint density at radius 1 is 1.34 bits per heavy atom. The number of hydrogen-bond acceptors (Lipinski definition) is 6. The molecule has 0 spiro atoms. The van der Waals surface area contributed by atoms with Gasteiger partial charge in [-0.2, -0.15) is 0 Å². The van der Waals surface area contributed by atoms with Gasteiger partial charge >= 0.3 is 6.09 Å². The number of benzene rings is 1. The predicted octanol–water partition coefficient (Wildman–Crippen LogP) is 2.49. The maximum absolute atomic E-state index is 12.9. The van der Waals surface area contributed by atoms with Crippen molar-refractivity contribution in [3.8, 4) is 0 Å². The molecule has 1 aromatic carbocycles. The van der Waals surface area contributed by atoms with Gasteiger partial charge in [0.1, 0.15) is 22.9 Å². The second-order valence-corrected chi connectivity index (χ2v) is 8.27. The van der Waals surface area contributed by atoms with Crippen LogP contribution in [0.25, 0.3) is 11.0 Å². The topological polar surface area (TPSA) is 135 Å². The highest BCUT2D eigenvalue weighted by Gasteiger charge is 2.41. The van der Waals surface area contributed by atoms with E-state index in [4.69, 9.17) is 26.5 Å². The molecule has 156 valence electrons. The van der Waals surface area contributed by atoms with E-state index in [1.165, 1.54) is 6.07 Å². The minimum atomic E-state index is -0.996. The zero-order chi connectivity index (χ0) is 21.5. The lowest BCUT2D eigenvalue weighted by molar-refractivity contribution is -0.120. The number of nitrogens with one attached hydrogen (secondary N) is 1. The number of nitrogens with zero attached hydrogens (tertiary/aromatic N) is 1. The Morgan fingerprint density at radius 2 is 2.03 bits per heavy atom. The molecule has 0 bridgehead atoms. The van der Waals surface area contributed by atoms with Gasteiger partial charge in [0.15, 0.2) is 0 Å². The maximum Gasteiger partial charge on any atom is 0.411 e. The minimum Gasteiger partial charge on any atom is -0.449 e. The lowest BCUT2D eigenvalue weighted by Crippen LogP contribution is -2.45. The summed E-state index contributed by atoms with van der Waals surface area (Å²) < 4.78 is 10.8. The van der Waals surface area contributed by atoms with E-state index < -0.39 is 35.7 Å². The summed E-state index contributed by atoms with van der Waals surface area (Å²) in [4.78, 5) is 38.3. The number of β-amino-alcohol motifs (C(OH)–C–C–N with tert-alkyl or cyclic N) is 1. The van der Waals surface area contributed by atoms with E-state index >= 15 is 0 Å². The predicted molar refractivity (Wildman–Crippen MR) is 106 cm³/mol. The Bertz CT molecular complexity index is 980. The molecule has 1 aliphatic rings. The van der Waals surface area contributed by atoms with Crippen LogP contribution in [0.5, 0.6) is 0 Å². The Morgan fingerprint density at radius 3 is 2.66 bits per heavy atom. The van der Waals surface area contributed by atoms with Crippen molar-refractivity contribution in [1.82, 2.24) is 4.90 Å². The smallest absolute Gasteiger partial charge is 0.411 e. The highest BCUT2D eigenvalue weighted by molar-refractivity contribution is 6.31. The molecule has 10 heteroatoms. The van der Waals surface area contributed by atoms with Gasteiger partial charge in [0.25, 0.3) is 5.91 Å². The number of aliphatic hydroxyl groups is 1. The largest absolute Gasteiger partial charge is 0.449 e. The zero-order valence-corrected chi connectivity index (χ0v) is 16.9. The molecule has 1 aromatic heterocycles. The maximum atomic E-state index is 12.9. The molecular formula is C19H22ClN3O6. The first kappa shape index (κ1) is 20.9. The van der Waals surface area contributed by atoms with E-state index in [-0.39, 0.29) is 24.4 Å². The number of carbonyl (C=O) groups is 3. The van der Waals surface area contributed by atoms with Crippen LogP contribution in [-0.4, -0.2) is 52.2 Å². The molecule has 1 aliphatic heterocycles. The fraction of sp³-hybridized carbons (Fsp3) is 0.421. The number of furan rings is 1. The summed E-state index contributed by atoms with van der Waals surface area (Å²) in [6.07, 6.45) is -1.58. The number of aliphatic hydroxyl groups excluding tert-OH is 1.